The number of hydrogen-bond donors (Lipinski definition) is 1. The van der Waals surface area contributed by atoms with E-state index in [2.05, 4.69) is 4.74 Å². The third-order valence-corrected chi connectivity index (χ3v) is 2.68. The van der Waals surface area contributed by atoms with Gasteiger partial charge in [0.05, 0.1) is 7.11 Å². The van der Waals surface area contributed by atoms with Crippen molar-refractivity contribution in [1.82, 2.24) is 0 Å². The Kier molecular flexibility index (Phi) is 2.71. The van der Waals surface area contributed by atoms with Gasteiger partial charge in [-0.2, -0.15) is 0 Å². The number of aromatic hydroxyl groups is 1. The normalized spacial score (nSPS) is 10.4. The first kappa shape index (κ1) is 10.8. The van der Waals surface area contributed by atoms with E-state index in [-0.39, 0.29) is 11.3 Å². The van der Waals surface area contributed by atoms with E-state index in [1.165, 1.54) is 19.2 Å². The van der Waals surface area contributed by atoms with Gasteiger partial charge in [-0.05, 0) is 23.6 Å². The fourth-order valence-electron chi connectivity index (χ4n) is 1.55. The number of halogens is 1. The summed E-state index contributed by atoms with van der Waals surface area (Å²) in [5.41, 5.74) is 0.114. The number of carbonyl (C=O) groups is 1. The third-order valence-electron chi connectivity index (χ3n) is 2.35. The van der Waals surface area contributed by atoms with Crippen LogP contribution in [0.3, 0.4) is 0 Å². The van der Waals surface area contributed by atoms with Crippen molar-refractivity contribution in [3.63, 3.8) is 0 Å². The van der Waals surface area contributed by atoms with Gasteiger partial charge in [0.25, 0.3) is 0 Å². The number of fused-ring (bicyclic) bond motifs is 1. The van der Waals surface area contributed by atoms with Crippen molar-refractivity contribution in [3.8, 4) is 5.75 Å². The molecule has 0 heterocycles. The number of benzene rings is 2. The average Bonchev–Trinajstić information content (AvgIpc) is 2.28. The molecule has 0 amide bonds. The summed E-state index contributed by atoms with van der Waals surface area (Å²) in [7, 11) is 1.26. The lowest BCUT2D eigenvalue weighted by molar-refractivity contribution is 0.0597. The summed E-state index contributed by atoms with van der Waals surface area (Å²) in [6.45, 7) is 0. The Bertz CT molecular complexity index is 563. The molecule has 0 saturated carbocycles. The van der Waals surface area contributed by atoms with E-state index in [1.807, 2.05) is 6.07 Å². The van der Waals surface area contributed by atoms with Crippen molar-refractivity contribution in [2.75, 3.05) is 7.11 Å². The smallest absolute Gasteiger partial charge is 0.341 e. The van der Waals surface area contributed by atoms with Crippen LogP contribution in [0, 0.1) is 0 Å². The number of esters is 1. The second kappa shape index (κ2) is 4.02. The topological polar surface area (TPSA) is 46.5 Å². The lowest BCUT2D eigenvalue weighted by Crippen LogP contribution is -2.01. The highest BCUT2D eigenvalue weighted by Gasteiger charge is 2.13. The van der Waals surface area contributed by atoms with Crippen molar-refractivity contribution in [2.24, 2.45) is 0 Å². The highest BCUT2D eigenvalue weighted by atomic mass is 35.5. The van der Waals surface area contributed by atoms with Gasteiger partial charge in [-0.3, -0.25) is 0 Å². The molecule has 0 saturated heterocycles. The van der Waals surface area contributed by atoms with Gasteiger partial charge in [-0.25, -0.2) is 4.79 Å². The molecular formula is C12H9ClO3. The summed E-state index contributed by atoms with van der Waals surface area (Å²) >= 11 is 6.00. The number of carbonyl (C=O) groups excluding carboxylic acids is 1. The van der Waals surface area contributed by atoms with Gasteiger partial charge in [-0.15, -0.1) is 0 Å². The molecule has 16 heavy (non-hydrogen) atoms. The average molecular weight is 237 g/mol. The van der Waals surface area contributed by atoms with Crippen LogP contribution in [0.2, 0.25) is 5.02 Å². The lowest BCUT2D eigenvalue weighted by atomic mass is 10.1. The molecule has 4 heteroatoms. The largest absolute Gasteiger partial charge is 0.507 e. The van der Waals surface area contributed by atoms with Crippen molar-refractivity contribution in [2.45, 2.75) is 0 Å². The highest BCUT2D eigenvalue weighted by molar-refractivity contribution is 6.35. The zero-order chi connectivity index (χ0) is 11.7. The molecule has 0 unspecified atom stereocenters. The maximum Gasteiger partial charge on any atom is 0.341 e. The van der Waals surface area contributed by atoms with Crippen LogP contribution < -0.4 is 0 Å². The molecule has 0 fully saturated rings. The molecule has 0 aliphatic carbocycles. The maximum absolute atomic E-state index is 11.4. The number of rotatable bonds is 1. The number of hydrogen-bond acceptors (Lipinski definition) is 3. The Morgan fingerprint density at radius 3 is 2.81 bits per heavy atom. The molecule has 2 aromatic carbocycles. The fourth-order valence-corrected chi connectivity index (χ4v) is 1.79. The van der Waals surface area contributed by atoms with Gasteiger partial charge >= 0.3 is 5.97 Å². The Morgan fingerprint density at radius 2 is 2.12 bits per heavy atom. The molecule has 0 atom stereocenters. The van der Waals surface area contributed by atoms with Gasteiger partial charge in [-0.1, -0.05) is 23.7 Å². The second-order valence-corrected chi connectivity index (χ2v) is 3.73. The molecule has 0 aliphatic rings. The van der Waals surface area contributed by atoms with Crippen LogP contribution in [-0.4, -0.2) is 18.2 Å². The van der Waals surface area contributed by atoms with E-state index in [0.717, 1.165) is 5.39 Å². The van der Waals surface area contributed by atoms with Crippen LogP contribution in [0.15, 0.2) is 30.3 Å². The molecule has 1 N–H and O–H groups in total. The molecule has 82 valence electrons. The van der Waals surface area contributed by atoms with Crippen LogP contribution in [0.4, 0.5) is 0 Å². The van der Waals surface area contributed by atoms with Crippen LogP contribution in [-0.2, 0) is 4.74 Å². The fraction of sp³-hybridized carbons (Fsp3) is 0.0833. The first-order chi connectivity index (χ1) is 7.63. The van der Waals surface area contributed by atoms with Gasteiger partial charge in [0.1, 0.15) is 11.3 Å². The summed E-state index contributed by atoms with van der Waals surface area (Å²) in [4.78, 5) is 11.4. The molecule has 3 nitrogen and oxygen atoms in total. The first-order valence-corrected chi connectivity index (χ1v) is 5.01. The van der Waals surface area contributed by atoms with Crippen LogP contribution >= 0.6 is 11.6 Å². The van der Waals surface area contributed by atoms with E-state index < -0.39 is 5.97 Å². The quantitative estimate of drug-likeness (QED) is 0.775. The predicted molar refractivity (Wildman–Crippen MR) is 62.0 cm³/mol. The molecule has 0 radical (unpaired) electrons. The number of ether oxygens (including phenoxy) is 1. The Morgan fingerprint density at radius 1 is 1.38 bits per heavy atom. The van der Waals surface area contributed by atoms with Crippen molar-refractivity contribution in [1.29, 1.82) is 0 Å². The minimum absolute atomic E-state index is 0.110. The SMILES string of the molecule is COC(=O)c1cc2c(Cl)cccc2cc1O. The molecule has 0 bridgehead atoms. The Labute approximate surface area is 97.2 Å². The van der Waals surface area contributed by atoms with Crippen LogP contribution in [0.5, 0.6) is 5.75 Å². The second-order valence-electron chi connectivity index (χ2n) is 3.32. The Hall–Kier alpha value is -1.74. The Balaban J connectivity index is 2.74. The van der Waals surface area contributed by atoms with Crippen molar-refractivity contribution >= 4 is 28.3 Å². The summed E-state index contributed by atoms with van der Waals surface area (Å²) in [6, 6.07) is 8.33. The minimum atomic E-state index is -0.584. The summed E-state index contributed by atoms with van der Waals surface area (Å²) in [6.07, 6.45) is 0. The number of phenolic OH excluding ortho intramolecular Hbond substituents is 1. The monoisotopic (exact) mass is 236 g/mol. The predicted octanol–water partition coefficient (Wildman–Crippen LogP) is 2.99. The van der Waals surface area contributed by atoms with Gasteiger partial charge in [0, 0.05) is 10.4 Å². The third kappa shape index (κ3) is 1.70. The standard InChI is InChI=1S/C12H9ClO3/c1-16-12(15)9-6-8-7(5-11(9)14)3-2-4-10(8)13/h2-6,14H,1H3. The van der Waals surface area contributed by atoms with E-state index in [1.54, 1.807) is 12.1 Å². The summed E-state index contributed by atoms with van der Waals surface area (Å²) in [5.74, 6) is -0.694. The number of phenols is 1. The van der Waals surface area contributed by atoms with Crippen LogP contribution in [0.25, 0.3) is 10.8 Å². The summed E-state index contributed by atoms with van der Waals surface area (Å²) < 4.78 is 4.56. The maximum atomic E-state index is 11.4. The van der Waals surface area contributed by atoms with Crippen molar-refractivity contribution < 1.29 is 14.6 Å². The summed E-state index contributed by atoms with van der Waals surface area (Å²) in [5, 5.41) is 11.7. The zero-order valence-electron chi connectivity index (χ0n) is 8.53. The minimum Gasteiger partial charge on any atom is -0.507 e. The lowest BCUT2D eigenvalue weighted by Gasteiger charge is -2.06. The zero-order valence-corrected chi connectivity index (χ0v) is 9.28. The number of methoxy groups -OCH3 is 1. The van der Waals surface area contributed by atoms with E-state index in [4.69, 9.17) is 11.6 Å². The van der Waals surface area contributed by atoms with E-state index in [9.17, 15) is 9.90 Å². The van der Waals surface area contributed by atoms with Crippen molar-refractivity contribution in [3.05, 3.63) is 40.9 Å². The molecule has 0 aromatic heterocycles. The molecule has 2 rings (SSSR count). The molecule has 0 aliphatic heterocycles. The van der Waals surface area contributed by atoms with Crippen LogP contribution in [0.1, 0.15) is 10.4 Å². The molecule has 2 aromatic rings. The molecular weight excluding hydrogens is 228 g/mol. The first-order valence-electron chi connectivity index (χ1n) is 4.63. The highest BCUT2D eigenvalue weighted by Crippen LogP contribution is 2.30. The van der Waals surface area contributed by atoms with E-state index in [0.29, 0.717) is 10.4 Å². The van der Waals surface area contributed by atoms with Gasteiger partial charge in [0.2, 0.25) is 0 Å². The van der Waals surface area contributed by atoms with E-state index >= 15 is 0 Å². The van der Waals surface area contributed by atoms with Gasteiger partial charge < -0.3 is 9.84 Å². The molecule has 0 spiro atoms. The van der Waals surface area contributed by atoms with Gasteiger partial charge in [0.15, 0.2) is 0 Å².